The van der Waals surface area contributed by atoms with Gasteiger partial charge < -0.3 is 14.7 Å². The first-order valence-electron chi connectivity index (χ1n) is 11.7. The first-order valence-corrected chi connectivity index (χ1v) is 11.7. The van der Waals surface area contributed by atoms with Crippen LogP contribution in [0, 0.1) is 19.8 Å². The number of nitrogens with zero attached hydrogens (tertiary/aromatic N) is 2. The van der Waals surface area contributed by atoms with Crippen LogP contribution >= 0.6 is 0 Å². The second kappa shape index (κ2) is 7.48. The minimum atomic E-state index is 0.0117. The van der Waals surface area contributed by atoms with Crippen molar-refractivity contribution in [1.29, 1.82) is 0 Å². The summed E-state index contributed by atoms with van der Waals surface area (Å²) in [6.45, 7) is 8.42. The maximum absolute atomic E-state index is 13.8. The summed E-state index contributed by atoms with van der Waals surface area (Å²) in [6.07, 6.45) is 2.39. The molecule has 0 spiro atoms. The third kappa shape index (κ3) is 3.14. The highest BCUT2D eigenvalue weighted by Crippen LogP contribution is 2.47. The number of rotatable bonds is 3. The molecule has 0 unspecified atom stereocenters. The van der Waals surface area contributed by atoms with Gasteiger partial charge in [0.2, 0.25) is 0 Å². The number of fused-ring (bicyclic) bond motifs is 2. The van der Waals surface area contributed by atoms with Gasteiger partial charge in [0.25, 0.3) is 0 Å². The van der Waals surface area contributed by atoms with Crippen molar-refractivity contribution in [3.8, 4) is 11.3 Å². The first-order chi connectivity index (χ1) is 16.0. The average molecular weight is 438 g/mol. The number of piperidine rings is 1. The number of carbonyl (C=O) groups excluding carboxylic acids is 1. The van der Waals surface area contributed by atoms with E-state index in [1.807, 2.05) is 24.3 Å². The normalized spacial score (nSPS) is 17.4. The Hall–Kier alpha value is -3.60. The Labute approximate surface area is 193 Å². The molecular weight excluding hydrogens is 410 g/mol. The van der Waals surface area contributed by atoms with Crippen LogP contribution in [0.2, 0.25) is 0 Å². The van der Waals surface area contributed by atoms with Gasteiger partial charge in [-0.1, -0.05) is 48.5 Å². The van der Waals surface area contributed by atoms with Gasteiger partial charge in [-0.05, 0) is 55.9 Å². The molecule has 1 aliphatic carbocycles. The molecule has 2 heterocycles. The fourth-order valence-electron chi connectivity index (χ4n) is 5.31. The topological polar surface area (TPSA) is 58.4 Å². The summed E-state index contributed by atoms with van der Waals surface area (Å²) in [5.41, 5.74) is 8.07. The summed E-state index contributed by atoms with van der Waals surface area (Å²) in [4.78, 5) is 16.2. The van der Waals surface area contributed by atoms with Gasteiger partial charge in [-0.2, -0.15) is 0 Å². The van der Waals surface area contributed by atoms with Crippen LogP contribution in [-0.4, -0.2) is 24.0 Å². The lowest BCUT2D eigenvalue weighted by Gasteiger charge is -2.33. The minimum Gasteiger partial charge on any atom is -0.369 e. The Bertz CT molecular complexity index is 1420. The van der Waals surface area contributed by atoms with Gasteiger partial charge in [0.15, 0.2) is 11.5 Å². The molecule has 1 saturated heterocycles. The molecule has 1 N–H and O–H groups in total. The third-order valence-corrected chi connectivity index (χ3v) is 7.04. The lowest BCUT2D eigenvalue weighted by atomic mass is 9.86. The molecule has 0 bridgehead atoms. The Morgan fingerprint density at radius 1 is 1.06 bits per heavy atom. The highest BCUT2D eigenvalue weighted by atomic mass is 16.5. The smallest absolute Gasteiger partial charge is 0.196 e. The van der Waals surface area contributed by atoms with E-state index in [-0.39, 0.29) is 5.78 Å². The molecule has 4 aromatic rings. The molecular formula is C28H27N3O2. The second-order valence-electron chi connectivity index (χ2n) is 9.57. The monoisotopic (exact) mass is 437 g/mol. The summed E-state index contributed by atoms with van der Waals surface area (Å²) < 4.78 is 5.92. The van der Waals surface area contributed by atoms with Gasteiger partial charge >= 0.3 is 0 Å². The number of nitrogens with one attached hydrogen (secondary N) is 1. The number of hydrogen-bond acceptors (Lipinski definition) is 5. The van der Waals surface area contributed by atoms with Crippen LogP contribution in [-0.2, 0) is 0 Å². The second-order valence-corrected chi connectivity index (χ2v) is 9.57. The number of carbonyl (C=O) groups is 1. The van der Waals surface area contributed by atoms with Crippen LogP contribution in [0.15, 0.2) is 53.1 Å². The van der Waals surface area contributed by atoms with Gasteiger partial charge in [-0.25, -0.2) is 0 Å². The Morgan fingerprint density at radius 3 is 2.70 bits per heavy atom. The maximum atomic E-state index is 13.8. The lowest BCUT2D eigenvalue weighted by molar-refractivity contribution is 0.104. The largest absolute Gasteiger partial charge is 0.369 e. The van der Waals surface area contributed by atoms with Crippen molar-refractivity contribution in [2.24, 2.45) is 5.92 Å². The quantitative estimate of drug-likeness (QED) is 0.343. The van der Waals surface area contributed by atoms with E-state index in [0.29, 0.717) is 22.8 Å². The zero-order valence-corrected chi connectivity index (χ0v) is 19.2. The van der Waals surface area contributed by atoms with Gasteiger partial charge in [-0.3, -0.25) is 4.79 Å². The van der Waals surface area contributed by atoms with E-state index in [0.717, 1.165) is 58.6 Å². The van der Waals surface area contributed by atoms with Crippen molar-refractivity contribution in [2.75, 3.05) is 23.3 Å². The molecule has 6 rings (SSSR count). The van der Waals surface area contributed by atoms with Crippen LogP contribution in [0.25, 0.3) is 22.2 Å². The van der Waals surface area contributed by atoms with Gasteiger partial charge in [0.05, 0.1) is 22.3 Å². The molecule has 5 nitrogen and oxygen atoms in total. The van der Waals surface area contributed by atoms with Crippen molar-refractivity contribution in [1.82, 2.24) is 5.16 Å². The van der Waals surface area contributed by atoms with Crippen molar-refractivity contribution >= 4 is 33.7 Å². The Kier molecular flexibility index (Phi) is 4.54. The molecule has 0 amide bonds. The van der Waals surface area contributed by atoms with Crippen LogP contribution < -0.4 is 10.2 Å². The van der Waals surface area contributed by atoms with Crippen molar-refractivity contribution in [3.05, 3.63) is 70.8 Å². The van der Waals surface area contributed by atoms with E-state index in [2.05, 4.69) is 60.4 Å². The molecule has 2 aliphatic rings. The number of ketones is 1. The number of aryl methyl sites for hydroxylation is 2. The van der Waals surface area contributed by atoms with Gasteiger partial charge in [-0.15, -0.1) is 0 Å². The van der Waals surface area contributed by atoms with Crippen LogP contribution in [0.4, 0.5) is 17.1 Å². The van der Waals surface area contributed by atoms with Gasteiger partial charge in [0, 0.05) is 29.9 Å². The summed E-state index contributed by atoms with van der Waals surface area (Å²) in [7, 11) is 0. The predicted molar refractivity (Wildman–Crippen MR) is 133 cm³/mol. The molecule has 1 aliphatic heterocycles. The van der Waals surface area contributed by atoms with Crippen LogP contribution in [0.5, 0.6) is 0 Å². The summed E-state index contributed by atoms with van der Waals surface area (Å²) in [5.74, 6) is 1.31. The standard InChI is InChI=1S/C28H27N3O2/c1-16-10-11-18(3)21(13-16)29-22-14-23(31-12-6-7-17(2)15-31)26-25-24(22)27(32)19-8-4-5-9-20(19)28(25)33-30-26/h4-5,8-11,13-14,17,29H,6-7,12,15H2,1-3H3/t17-/m1/s1. The van der Waals surface area contributed by atoms with E-state index in [1.54, 1.807) is 0 Å². The van der Waals surface area contributed by atoms with E-state index in [4.69, 9.17) is 4.52 Å². The fraction of sp³-hybridized carbons (Fsp3) is 0.286. The number of hydrogen-bond donors (Lipinski definition) is 1. The zero-order valence-electron chi connectivity index (χ0n) is 19.2. The van der Waals surface area contributed by atoms with Crippen LogP contribution in [0.1, 0.15) is 46.8 Å². The molecule has 1 atom stereocenters. The molecule has 33 heavy (non-hydrogen) atoms. The molecule has 1 fully saturated rings. The SMILES string of the molecule is Cc1ccc(C)c(Nc2cc(N3CCC[C@@H](C)C3)c3noc4c3c2C(=O)c2ccccc2-4)c1. The fourth-order valence-corrected chi connectivity index (χ4v) is 5.31. The highest BCUT2D eigenvalue weighted by molar-refractivity contribution is 6.28. The average Bonchev–Trinajstić information content (AvgIpc) is 3.25. The third-order valence-electron chi connectivity index (χ3n) is 7.04. The van der Waals surface area contributed by atoms with Crippen molar-refractivity contribution in [2.45, 2.75) is 33.6 Å². The number of benzene rings is 3. The maximum Gasteiger partial charge on any atom is 0.196 e. The first kappa shape index (κ1) is 20.0. The van der Waals surface area contributed by atoms with E-state index in [1.165, 1.54) is 12.0 Å². The molecule has 0 saturated carbocycles. The molecule has 0 radical (unpaired) electrons. The Morgan fingerprint density at radius 2 is 1.88 bits per heavy atom. The molecule has 3 aromatic carbocycles. The lowest BCUT2D eigenvalue weighted by Crippen LogP contribution is -2.34. The van der Waals surface area contributed by atoms with Crippen molar-refractivity contribution < 1.29 is 9.32 Å². The predicted octanol–water partition coefficient (Wildman–Crippen LogP) is 6.64. The summed E-state index contributed by atoms with van der Waals surface area (Å²) >= 11 is 0. The van der Waals surface area contributed by atoms with Crippen LogP contribution in [0.3, 0.4) is 0 Å². The highest BCUT2D eigenvalue weighted by Gasteiger charge is 2.34. The van der Waals surface area contributed by atoms with E-state index < -0.39 is 0 Å². The zero-order chi connectivity index (χ0) is 22.7. The van der Waals surface area contributed by atoms with Gasteiger partial charge in [0.1, 0.15) is 5.52 Å². The number of anilines is 3. The minimum absolute atomic E-state index is 0.0117. The van der Waals surface area contributed by atoms with E-state index >= 15 is 0 Å². The van der Waals surface area contributed by atoms with Crippen molar-refractivity contribution in [3.63, 3.8) is 0 Å². The van der Waals surface area contributed by atoms with E-state index in [9.17, 15) is 4.79 Å². The number of aromatic nitrogens is 1. The molecule has 166 valence electrons. The summed E-state index contributed by atoms with van der Waals surface area (Å²) in [5, 5.41) is 8.94. The molecule has 5 heteroatoms. The summed E-state index contributed by atoms with van der Waals surface area (Å²) in [6, 6.07) is 16.1. The molecule has 1 aromatic heterocycles. The Balaban J connectivity index is 1.62.